The van der Waals surface area contributed by atoms with E-state index in [9.17, 15) is 9.59 Å². The molecule has 1 fully saturated rings. The van der Waals surface area contributed by atoms with Gasteiger partial charge in [0.05, 0.1) is 12.8 Å². The fourth-order valence-electron chi connectivity index (χ4n) is 3.63. The molecule has 0 radical (unpaired) electrons. The van der Waals surface area contributed by atoms with Gasteiger partial charge in [-0.05, 0) is 17.2 Å². The second-order valence-corrected chi connectivity index (χ2v) is 7.36. The fourth-order valence-corrected chi connectivity index (χ4v) is 3.63. The first kappa shape index (κ1) is 19.9. The number of rotatable bonds is 6. The SMILES string of the molecule is O=C(CN1CCN(C(=O)c2occc2-c2ccccc2)CC1)NCc1ccccc1. The zero-order valence-electron chi connectivity index (χ0n) is 16.8. The smallest absolute Gasteiger partial charge is 0.290 e. The lowest BCUT2D eigenvalue weighted by atomic mass is 10.1. The van der Waals surface area contributed by atoms with E-state index in [1.54, 1.807) is 11.2 Å². The van der Waals surface area contributed by atoms with Gasteiger partial charge in [-0.1, -0.05) is 60.7 Å². The van der Waals surface area contributed by atoms with Crippen LogP contribution in [0.4, 0.5) is 0 Å². The topological polar surface area (TPSA) is 65.8 Å². The van der Waals surface area contributed by atoms with E-state index in [1.807, 2.05) is 66.7 Å². The maximum atomic E-state index is 13.0. The zero-order chi connectivity index (χ0) is 20.8. The van der Waals surface area contributed by atoms with Crippen molar-refractivity contribution >= 4 is 11.8 Å². The van der Waals surface area contributed by atoms with Crippen molar-refractivity contribution in [1.29, 1.82) is 0 Å². The molecule has 2 aromatic carbocycles. The van der Waals surface area contributed by atoms with Crippen LogP contribution in [0.1, 0.15) is 16.1 Å². The minimum atomic E-state index is -0.105. The Balaban J connectivity index is 1.28. The Kier molecular flexibility index (Phi) is 6.25. The van der Waals surface area contributed by atoms with Crippen LogP contribution in [0.25, 0.3) is 11.1 Å². The molecule has 1 N–H and O–H groups in total. The molecule has 4 rings (SSSR count). The molecule has 6 heteroatoms. The molecule has 0 bridgehead atoms. The molecule has 0 aliphatic carbocycles. The van der Waals surface area contributed by atoms with Gasteiger partial charge in [0.15, 0.2) is 5.76 Å². The van der Waals surface area contributed by atoms with Crippen LogP contribution < -0.4 is 5.32 Å². The molecule has 3 aromatic rings. The highest BCUT2D eigenvalue weighted by Crippen LogP contribution is 2.26. The number of furan rings is 1. The summed E-state index contributed by atoms with van der Waals surface area (Å²) >= 11 is 0. The van der Waals surface area contributed by atoms with Crippen LogP contribution >= 0.6 is 0 Å². The number of nitrogens with one attached hydrogen (secondary N) is 1. The molecule has 30 heavy (non-hydrogen) atoms. The predicted molar refractivity (Wildman–Crippen MR) is 115 cm³/mol. The number of carbonyl (C=O) groups is 2. The lowest BCUT2D eigenvalue weighted by molar-refractivity contribution is -0.122. The Morgan fingerprint density at radius 3 is 2.23 bits per heavy atom. The van der Waals surface area contributed by atoms with Crippen molar-refractivity contribution in [2.75, 3.05) is 32.7 Å². The van der Waals surface area contributed by atoms with Gasteiger partial charge < -0.3 is 14.6 Å². The molecule has 6 nitrogen and oxygen atoms in total. The molecule has 0 unspecified atom stereocenters. The van der Waals surface area contributed by atoms with Crippen molar-refractivity contribution in [3.05, 3.63) is 84.3 Å². The number of hydrogen-bond donors (Lipinski definition) is 1. The standard InChI is InChI=1S/C24H25N3O3/c28-22(25-17-19-7-3-1-4-8-19)18-26-12-14-27(15-13-26)24(29)23-21(11-16-30-23)20-9-5-2-6-10-20/h1-11,16H,12-15,17-18H2,(H,25,28). The van der Waals surface area contributed by atoms with E-state index < -0.39 is 0 Å². The van der Waals surface area contributed by atoms with Crippen LogP contribution in [0.15, 0.2) is 77.4 Å². The second kappa shape index (κ2) is 9.41. The Morgan fingerprint density at radius 2 is 1.53 bits per heavy atom. The van der Waals surface area contributed by atoms with Crippen molar-refractivity contribution in [3.63, 3.8) is 0 Å². The normalized spacial score (nSPS) is 14.5. The summed E-state index contributed by atoms with van der Waals surface area (Å²) in [7, 11) is 0. The highest BCUT2D eigenvalue weighted by atomic mass is 16.3. The van der Waals surface area contributed by atoms with Crippen LogP contribution in [-0.2, 0) is 11.3 Å². The van der Waals surface area contributed by atoms with Crippen molar-refractivity contribution in [2.45, 2.75) is 6.54 Å². The predicted octanol–water partition coefficient (Wildman–Crippen LogP) is 3.02. The summed E-state index contributed by atoms with van der Waals surface area (Å²) in [4.78, 5) is 29.1. The van der Waals surface area contributed by atoms with E-state index in [1.165, 1.54) is 0 Å². The number of nitrogens with zero attached hydrogens (tertiary/aromatic N) is 2. The van der Waals surface area contributed by atoms with E-state index in [2.05, 4.69) is 10.2 Å². The maximum Gasteiger partial charge on any atom is 0.290 e. The molecule has 2 amide bonds. The van der Waals surface area contributed by atoms with E-state index in [4.69, 9.17) is 4.42 Å². The molecule has 0 saturated carbocycles. The number of hydrogen-bond acceptors (Lipinski definition) is 4. The van der Waals surface area contributed by atoms with Crippen LogP contribution in [0.3, 0.4) is 0 Å². The quantitative estimate of drug-likeness (QED) is 0.687. The number of carbonyl (C=O) groups excluding carboxylic acids is 2. The van der Waals surface area contributed by atoms with Crippen LogP contribution in [0, 0.1) is 0 Å². The van der Waals surface area contributed by atoms with Crippen molar-refractivity contribution in [3.8, 4) is 11.1 Å². The molecule has 0 spiro atoms. The molecule has 154 valence electrons. The molecular formula is C24H25N3O3. The highest BCUT2D eigenvalue weighted by molar-refractivity contribution is 5.98. The highest BCUT2D eigenvalue weighted by Gasteiger charge is 2.27. The maximum absolute atomic E-state index is 13.0. The summed E-state index contributed by atoms with van der Waals surface area (Å²) in [5, 5.41) is 2.95. The third-order valence-corrected chi connectivity index (χ3v) is 5.30. The van der Waals surface area contributed by atoms with Crippen molar-refractivity contribution < 1.29 is 14.0 Å². The first-order valence-corrected chi connectivity index (χ1v) is 10.2. The van der Waals surface area contributed by atoms with Crippen molar-refractivity contribution in [2.24, 2.45) is 0 Å². The summed E-state index contributed by atoms with van der Waals surface area (Å²) < 4.78 is 5.53. The van der Waals surface area contributed by atoms with Crippen LogP contribution in [0.2, 0.25) is 0 Å². The number of piperazine rings is 1. The molecule has 1 aliphatic heterocycles. The zero-order valence-corrected chi connectivity index (χ0v) is 16.8. The average molecular weight is 403 g/mol. The lowest BCUT2D eigenvalue weighted by Crippen LogP contribution is -2.51. The summed E-state index contributed by atoms with van der Waals surface area (Å²) in [5.41, 5.74) is 2.85. The summed E-state index contributed by atoms with van der Waals surface area (Å²) in [6, 6.07) is 21.4. The average Bonchev–Trinajstić information content (AvgIpc) is 3.29. The minimum absolute atomic E-state index is 0.00368. The lowest BCUT2D eigenvalue weighted by Gasteiger charge is -2.34. The first-order valence-electron chi connectivity index (χ1n) is 10.2. The van der Waals surface area contributed by atoms with Gasteiger partial charge in [-0.25, -0.2) is 0 Å². The summed E-state index contributed by atoms with van der Waals surface area (Å²) in [6.07, 6.45) is 1.56. The summed E-state index contributed by atoms with van der Waals surface area (Å²) in [6.45, 7) is 3.32. The molecule has 2 heterocycles. The van der Waals surface area contributed by atoms with Gasteiger partial charge in [-0.15, -0.1) is 0 Å². The molecular weight excluding hydrogens is 378 g/mol. The third-order valence-electron chi connectivity index (χ3n) is 5.30. The van der Waals surface area contributed by atoms with Gasteiger partial charge in [-0.3, -0.25) is 14.5 Å². The van der Waals surface area contributed by atoms with Gasteiger partial charge >= 0.3 is 0 Å². The van der Waals surface area contributed by atoms with Gasteiger partial charge in [-0.2, -0.15) is 0 Å². The van der Waals surface area contributed by atoms with E-state index in [0.29, 0.717) is 45.0 Å². The van der Waals surface area contributed by atoms with Gasteiger partial charge in [0.2, 0.25) is 5.91 Å². The molecule has 1 aliphatic rings. The largest absolute Gasteiger partial charge is 0.459 e. The monoisotopic (exact) mass is 403 g/mol. The van der Waals surface area contributed by atoms with Crippen LogP contribution in [-0.4, -0.2) is 54.3 Å². The number of benzene rings is 2. The minimum Gasteiger partial charge on any atom is -0.459 e. The second-order valence-electron chi connectivity index (χ2n) is 7.36. The molecule has 0 atom stereocenters. The number of amides is 2. The van der Waals surface area contributed by atoms with E-state index in [-0.39, 0.29) is 11.8 Å². The fraction of sp³-hybridized carbons (Fsp3) is 0.250. The van der Waals surface area contributed by atoms with Gasteiger partial charge in [0.1, 0.15) is 0 Å². The van der Waals surface area contributed by atoms with Crippen LogP contribution in [0.5, 0.6) is 0 Å². The van der Waals surface area contributed by atoms with E-state index in [0.717, 1.165) is 16.7 Å². The van der Waals surface area contributed by atoms with E-state index >= 15 is 0 Å². The first-order chi connectivity index (χ1) is 14.7. The Morgan fingerprint density at radius 1 is 0.867 bits per heavy atom. The summed E-state index contributed by atoms with van der Waals surface area (Å²) in [5.74, 6) is 0.262. The Hall–Kier alpha value is -3.38. The molecule has 1 saturated heterocycles. The third kappa shape index (κ3) is 4.78. The van der Waals surface area contributed by atoms with Gasteiger partial charge in [0, 0.05) is 38.3 Å². The van der Waals surface area contributed by atoms with Gasteiger partial charge in [0.25, 0.3) is 5.91 Å². The Bertz CT molecular complexity index is 977. The van der Waals surface area contributed by atoms with Crippen molar-refractivity contribution in [1.82, 2.24) is 15.1 Å². The Labute approximate surface area is 176 Å². The molecule has 1 aromatic heterocycles.